The van der Waals surface area contributed by atoms with Gasteiger partial charge in [-0.3, -0.25) is 0 Å². The Balaban J connectivity index is 2.05. The quantitative estimate of drug-likeness (QED) is 0.595. The topological polar surface area (TPSA) is 53.3 Å². The molecule has 0 aromatic heterocycles. The highest BCUT2D eigenvalue weighted by Crippen LogP contribution is 2.19. The maximum Gasteiger partial charge on any atom is 0.0435 e. The second-order valence-electron chi connectivity index (χ2n) is 7.87. The molecule has 4 heteroatoms. The molecule has 3 unspecified atom stereocenters. The van der Waals surface area contributed by atoms with E-state index >= 15 is 0 Å². The fourth-order valence-electron chi connectivity index (χ4n) is 3.07. The average Bonchev–Trinajstić information content (AvgIpc) is 2.64. The van der Waals surface area contributed by atoms with Crippen LogP contribution in [0.25, 0.3) is 0 Å². The van der Waals surface area contributed by atoms with E-state index in [-0.39, 0.29) is 6.04 Å². The first-order chi connectivity index (χ1) is 12.8. The molecule has 4 nitrogen and oxygen atoms in total. The lowest BCUT2D eigenvalue weighted by Gasteiger charge is -2.34. The standard InChI is InChI=1S/C23H36N4/c1-17-6-10-22(11-7-17)26-15-21(5)27(16-20(4)25-14-19(3)24)23-12-8-18(2)9-13-23/h6-13,19-21,25-26H,14-16,24H2,1-5H3. The normalized spacial score (nSPS) is 14.4. The molecule has 3 atom stereocenters. The minimum Gasteiger partial charge on any atom is -0.383 e. The van der Waals surface area contributed by atoms with Crippen molar-refractivity contribution in [2.24, 2.45) is 5.73 Å². The molecule has 0 heterocycles. The molecule has 0 saturated heterocycles. The van der Waals surface area contributed by atoms with Crippen LogP contribution in [-0.4, -0.2) is 37.8 Å². The number of benzene rings is 2. The number of aryl methyl sites for hydroxylation is 2. The molecule has 0 amide bonds. The summed E-state index contributed by atoms with van der Waals surface area (Å²) in [6, 6.07) is 18.3. The highest BCUT2D eigenvalue weighted by molar-refractivity contribution is 5.50. The van der Waals surface area contributed by atoms with Crippen LogP contribution in [0, 0.1) is 13.8 Å². The summed E-state index contributed by atoms with van der Waals surface area (Å²) in [7, 11) is 0. The monoisotopic (exact) mass is 368 g/mol. The molecule has 0 fully saturated rings. The van der Waals surface area contributed by atoms with Crippen LogP contribution in [0.1, 0.15) is 31.9 Å². The smallest absolute Gasteiger partial charge is 0.0435 e. The molecule has 0 aliphatic rings. The summed E-state index contributed by atoms with van der Waals surface area (Å²) in [6.45, 7) is 13.4. The van der Waals surface area contributed by atoms with Gasteiger partial charge in [-0.2, -0.15) is 0 Å². The molecule has 0 radical (unpaired) electrons. The summed E-state index contributed by atoms with van der Waals surface area (Å²) in [5.74, 6) is 0. The summed E-state index contributed by atoms with van der Waals surface area (Å²) in [5, 5.41) is 7.12. The van der Waals surface area contributed by atoms with Crippen LogP contribution in [0.3, 0.4) is 0 Å². The first kappa shape index (κ1) is 21.3. The Labute approximate surface area is 165 Å². The van der Waals surface area contributed by atoms with Gasteiger partial charge in [0.1, 0.15) is 0 Å². The predicted molar refractivity (Wildman–Crippen MR) is 119 cm³/mol. The van der Waals surface area contributed by atoms with Gasteiger partial charge in [-0.25, -0.2) is 0 Å². The minimum atomic E-state index is 0.168. The van der Waals surface area contributed by atoms with E-state index in [1.807, 2.05) is 6.92 Å². The van der Waals surface area contributed by atoms with E-state index < -0.39 is 0 Å². The van der Waals surface area contributed by atoms with Gasteiger partial charge in [0.15, 0.2) is 0 Å². The van der Waals surface area contributed by atoms with Gasteiger partial charge in [0, 0.05) is 49.1 Å². The van der Waals surface area contributed by atoms with Crippen molar-refractivity contribution in [3.8, 4) is 0 Å². The molecule has 0 aliphatic heterocycles. The molecule has 27 heavy (non-hydrogen) atoms. The molecular formula is C23H36N4. The van der Waals surface area contributed by atoms with Crippen molar-refractivity contribution in [1.82, 2.24) is 5.32 Å². The van der Waals surface area contributed by atoms with E-state index in [1.54, 1.807) is 0 Å². The Kier molecular flexibility index (Phi) is 8.14. The van der Waals surface area contributed by atoms with E-state index in [2.05, 4.69) is 91.8 Å². The first-order valence-electron chi connectivity index (χ1n) is 9.98. The van der Waals surface area contributed by atoms with Crippen molar-refractivity contribution in [2.75, 3.05) is 29.9 Å². The van der Waals surface area contributed by atoms with E-state index in [4.69, 9.17) is 5.73 Å². The molecule has 0 spiro atoms. The summed E-state index contributed by atoms with van der Waals surface area (Å²) in [4.78, 5) is 2.47. The van der Waals surface area contributed by atoms with Crippen LogP contribution in [-0.2, 0) is 0 Å². The van der Waals surface area contributed by atoms with Gasteiger partial charge in [0.2, 0.25) is 0 Å². The second kappa shape index (κ2) is 10.3. The van der Waals surface area contributed by atoms with Gasteiger partial charge in [0.25, 0.3) is 0 Å². The fraction of sp³-hybridized carbons (Fsp3) is 0.478. The van der Waals surface area contributed by atoms with Crippen molar-refractivity contribution < 1.29 is 0 Å². The van der Waals surface area contributed by atoms with E-state index in [9.17, 15) is 0 Å². The van der Waals surface area contributed by atoms with Crippen LogP contribution >= 0.6 is 0 Å². The van der Waals surface area contributed by atoms with Crippen LogP contribution in [0.4, 0.5) is 11.4 Å². The largest absolute Gasteiger partial charge is 0.383 e. The van der Waals surface area contributed by atoms with Gasteiger partial charge < -0.3 is 21.3 Å². The molecule has 0 saturated carbocycles. The van der Waals surface area contributed by atoms with Crippen LogP contribution in [0.2, 0.25) is 0 Å². The van der Waals surface area contributed by atoms with Crippen molar-refractivity contribution in [3.63, 3.8) is 0 Å². The Morgan fingerprint density at radius 1 is 0.852 bits per heavy atom. The molecule has 148 valence electrons. The summed E-state index contributed by atoms with van der Waals surface area (Å²) < 4.78 is 0. The molecule has 2 rings (SSSR count). The Morgan fingerprint density at radius 2 is 1.41 bits per heavy atom. The van der Waals surface area contributed by atoms with E-state index in [0.29, 0.717) is 12.1 Å². The second-order valence-corrected chi connectivity index (χ2v) is 7.87. The molecule has 0 aliphatic carbocycles. The van der Waals surface area contributed by atoms with Gasteiger partial charge in [-0.05, 0) is 58.9 Å². The predicted octanol–water partition coefficient (Wildman–Crippen LogP) is 3.94. The first-order valence-corrected chi connectivity index (χ1v) is 9.98. The number of hydrogen-bond acceptors (Lipinski definition) is 4. The zero-order chi connectivity index (χ0) is 19.8. The summed E-state index contributed by atoms with van der Waals surface area (Å²) in [5.41, 5.74) is 10.9. The summed E-state index contributed by atoms with van der Waals surface area (Å²) >= 11 is 0. The molecule has 0 bridgehead atoms. The summed E-state index contributed by atoms with van der Waals surface area (Å²) in [6.07, 6.45) is 0. The van der Waals surface area contributed by atoms with Crippen LogP contribution in [0.15, 0.2) is 48.5 Å². The van der Waals surface area contributed by atoms with Crippen molar-refractivity contribution >= 4 is 11.4 Å². The van der Waals surface area contributed by atoms with Gasteiger partial charge >= 0.3 is 0 Å². The average molecular weight is 369 g/mol. The third-order valence-electron chi connectivity index (χ3n) is 4.81. The maximum atomic E-state index is 5.90. The van der Waals surface area contributed by atoms with E-state index in [0.717, 1.165) is 19.6 Å². The zero-order valence-electron chi connectivity index (χ0n) is 17.5. The van der Waals surface area contributed by atoms with Crippen LogP contribution in [0.5, 0.6) is 0 Å². The van der Waals surface area contributed by atoms with Crippen LogP contribution < -0.4 is 21.3 Å². The van der Waals surface area contributed by atoms with E-state index in [1.165, 1.54) is 22.5 Å². The molecule has 2 aromatic rings. The number of nitrogens with one attached hydrogen (secondary N) is 2. The Bertz CT molecular complexity index is 664. The highest BCUT2D eigenvalue weighted by atomic mass is 15.2. The number of nitrogens with two attached hydrogens (primary N) is 1. The lowest BCUT2D eigenvalue weighted by Crippen LogP contribution is -2.47. The van der Waals surface area contributed by atoms with Gasteiger partial charge in [0.05, 0.1) is 0 Å². The third-order valence-corrected chi connectivity index (χ3v) is 4.81. The maximum absolute atomic E-state index is 5.90. The Hall–Kier alpha value is -2.04. The SMILES string of the molecule is Cc1ccc(NCC(C)N(CC(C)NCC(C)N)c2ccc(C)cc2)cc1. The lowest BCUT2D eigenvalue weighted by molar-refractivity contribution is 0.493. The number of rotatable bonds is 10. The molecular weight excluding hydrogens is 332 g/mol. The zero-order valence-corrected chi connectivity index (χ0v) is 17.5. The third kappa shape index (κ3) is 7.24. The fourth-order valence-corrected chi connectivity index (χ4v) is 3.07. The van der Waals surface area contributed by atoms with Gasteiger partial charge in [-0.15, -0.1) is 0 Å². The van der Waals surface area contributed by atoms with Crippen molar-refractivity contribution in [2.45, 2.75) is 52.7 Å². The lowest BCUT2D eigenvalue weighted by atomic mass is 10.1. The van der Waals surface area contributed by atoms with Gasteiger partial charge in [-0.1, -0.05) is 35.4 Å². The number of nitrogens with zero attached hydrogens (tertiary/aromatic N) is 1. The minimum absolute atomic E-state index is 0.168. The Morgan fingerprint density at radius 3 is 1.96 bits per heavy atom. The number of anilines is 2. The van der Waals surface area contributed by atoms with Crippen molar-refractivity contribution in [3.05, 3.63) is 59.7 Å². The van der Waals surface area contributed by atoms with Crippen molar-refractivity contribution in [1.29, 1.82) is 0 Å². The number of hydrogen-bond donors (Lipinski definition) is 3. The molecule has 2 aromatic carbocycles. The highest BCUT2D eigenvalue weighted by Gasteiger charge is 2.17. The molecule has 4 N–H and O–H groups in total.